The summed E-state index contributed by atoms with van der Waals surface area (Å²) in [4.78, 5) is 27.8. The summed E-state index contributed by atoms with van der Waals surface area (Å²) in [7, 11) is 0. The van der Waals surface area contributed by atoms with Gasteiger partial charge >= 0.3 is 5.97 Å². The summed E-state index contributed by atoms with van der Waals surface area (Å²) in [5, 5.41) is 9.46. The lowest BCUT2D eigenvalue weighted by Gasteiger charge is -2.47. The number of amides is 1. The van der Waals surface area contributed by atoms with Gasteiger partial charge in [0.1, 0.15) is 30.2 Å². The maximum atomic E-state index is 12.1. The number of morpholine rings is 2. The van der Waals surface area contributed by atoms with E-state index in [2.05, 4.69) is 11.0 Å². The Balaban J connectivity index is 1.36. The lowest BCUT2D eigenvalue weighted by molar-refractivity contribution is -0.930. The van der Waals surface area contributed by atoms with Crippen molar-refractivity contribution in [2.75, 3.05) is 78.0 Å². The van der Waals surface area contributed by atoms with Crippen LogP contribution >= 0.6 is 11.8 Å². The van der Waals surface area contributed by atoms with Crippen LogP contribution in [0.3, 0.4) is 0 Å². The lowest BCUT2D eigenvalue weighted by Crippen LogP contribution is -2.68. The number of ether oxygens (including phenoxy) is 2. The van der Waals surface area contributed by atoms with Crippen LogP contribution in [0, 0.1) is 0 Å². The van der Waals surface area contributed by atoms with Gasteiger partial charge in [0.15, 0.2) is 0 Å². The van der Waals surface area contributed by atoms with Gasteiger partial charge in [-0.2, -0.15) is 0 Å². The number of rotatable bonds is 9. The number of hydrogen-bond acceptors (Lipinski definition) is 7. The topological polar surface area (TPSA) is 105 Å². The molecule has 4 heterocycles. The molecule has 0 aromatic rings. The summed E-state index contributed by atoms with van der Waals surface area (Å²) in [5.74, 6) is -0.806. The van der Waals surface area contributed by atoms with Crippen molar-refractivity contribution in [3.8, 4) is 0 Å². The van der Waals surface area contributed by atoms with E-state index in [1.54, 1.807) is 0 Å². The number of hydrogen-bond donors (Lipinski definition) is 2. The summed E-state index contributed by atoms with van der Waals surface area (Å²) >= 11 is 1.54. The van der Waals surface area contributed by atoms with E-state index in [4.69, 9.17) is 15.2 Å². The van der Waals surface area contributed by atoms with Crippen molar-refractivity contribution < 1.29 is 28.7 Å². The summed E-state index contributed by atoms with van der Waals surface area (Å²) in [6.45, 7) is 10.3. The zero-order valence-electron chi connectivity index (χ0n) is 18.6. The molecule has 0 radical (unpaired) electrons. The van der Waals surface area contributed by atoms with Crippen molar-refractivity contribution in [1.29, 1.82) is 0 Å². The molecule has 9 nitrogen and oxygen atoms in total. The van der Waals surface area contributed by atoms with Gasteiger partial charge in [-0.15, -0.1) is 11.8 Å². The SMILES string of the molecule is N[C@@H]1C(=O)N2C(C(=O)O)=C(C=CC[N+]3(CCCCN4CCOCC4)CCOCC3)CS[C@H]12. The van der Waals surface area contributed by atoms with Gasteiger partial charge < -0.3 is 24.8 Å². The Bertz CT molecular complexity index is 761. The van der Waals surface area contributed by atoms with Gasteiger partial charge in [0.25, 0.3) is 0 Å². The molecule has 0 spiro atoms. The largest absolute Gasteiger partial charge is 0.477 e. The molecule has 0 aromatic carbocycles. The van der Waals surface area contributed by atoms with Crippen molar-refractivity contribution in [1.82, 2.24) is 9.80 Å². The molecule has 178 valence electrons. The molecule has 4 aliphatic heterocycles. The molecule has 3 N–H and O–H groups in total. The molecule has 2 atom stereocenters. The number of carboxylic acid groups (broad SMARTS) is 1. The first-order valence-corrected chi connectivity index (χ1v) is 12.6. The van der Waals surface area contributed by atoms with Crippen molar-refractivity contribution in [2.45, 2.75) is 24.3 Å². The maximum absolute atomic E-state index is 12.1. The number of quaternary nitrogens is 1. The number of carboxylic acids is 1. The smallest absolute Gasteiger partial charge is 0.352 e. The average molecular weight is 468 g/mol. The highest BCUT2D eigenvalue weighted by molar-refractivity contribution is 8.00. The van der Waals surface area contributed by atoms with E-state index in [1.807, 2.05) is 6.08 Å². The molecular weight excluding hydrogens is 432 g/mol. The van der Waals surface area contributed by atoms with Crippen LogP contribution in [0.5, 0.6) is 0 Å². The minimum atomic E-state index is -1.06. The fourth-order valence-electron chi connectivity index (χ4n) is 4.92. The minimum Gasteiger partial charge on any atom is -0.477 e. The standard InChI is InChI=1S/C22H34N4O5S/c23-18-20(27)25-19(22(28)29)17(16-32-21(18)25)4-3-9-26(10-14-31-15-11-26)8-2-1-5-24-6-12-30-13-7-24/h3-4,18,21H,1-2,5-16,23H2/p+1/t18-,21-/m1/s1. The number of allylic oxidation sites excluding steroid dienone is 1. The number of unbranched alkanes of at least 4 members (excludes halogenated alkanes) is 1. The summed E-state index contributed by atoms with van der Waals surface area (Å²) < 4.78 is 12.0. The maximum Gasteiger partial charge on any atom is 0.352 e. The molecule has 32 heavy (non-hydrogen) atoms. The van der Waals surface area contributed by atoms with Crippen molar-refractivity contribution >= 4 is 23.6 Å². The second-order valence-electron chi connectivity index (χ2n) is 8.99. The first-order valence-electron chi connectivity index (χ1n) is 11.6. The number of thioether (sulfide) groups is 1. The molecule has 0 aromatic heterocycles. The van der Waals surface area contributed by atoms with Crippen molar-refractivity contribution in [3.05, 3.63) is 23.4 Å². The second-order valence-corrected chi connectivity index (χ2v) is 10.1. The van der Waals surface area contributed by atoms with Crippen LogP contribution in [-0.4, -0.2) is 121 Å². The number of carbonyl (C=O) groups is 2. The van der Waals surface area contributed by atoms with E-state index in [1.165, 1.54) is 23.1 Å². The summed E-state index contributed by atoms with van der Waals surface area (Å²) in [6, 6.07) is -0.598. The number of fused-ring (bicyclic) bond motifs is 1. The molecule has 10 heteroatoms. The molecule has 4 aliphatic rings. The third kappa shape index (κ3) is 5.21. The van der Waals surface area contributed by atoms with Crippen molar-refractivity contribution in [2.24, 2.45) is 5.73 Å². The molecule has 0 bridgehead atoms. The monoisotopic (exact) mass is 467 g/mol. The normalized spacial score (nSPS) is 28.7. The average Bonchev–Trinajstić information content (AvgIpc) is 2.82. The molecule has 4 rings (SSSR count). The van der Waals surface area contributed by atoms with E-state index in [0.29, 0.717) is 11.3 Å². The van der Waals surface area contributed by atoms with Crippen LogP contribution in [0.4, 0.5) is 0 Å². The quantitative estimate of drug-likeness (QED) is 0.279. The van der Waals surface area contributed by atoms with Crippen LogP contribution in [-0.2, 0) is 19.1 Å². The van der Waals surface area contributed by atoms with Crippen LogP contribution in [0.15, 0.2) is 23.4 Å². The van der Waals surface area contributed by atoms with Gasteiger partial charge in [-0.1, -0.05) is 6.08 Å². The lowest BCUT2D eigenvalue weighted by atomic mass is 10.0. The number of aliphatic carboxylic acids is 1. The van der Waals surface area contributed by atoms with Gasteiger partial charge in [-0.25, -0.2) is 4.79 Å². The summed E-state index contributed by atoms with van der Waals surface area (Å²) in [6.07, 6.45) is 6.34. The van der Waals surface area contributed by atoms with Gasteiger partial charge in [0.2, 0.25) is 5.91 Å². The van der Waals surface area contributed by atoms with E-state index in [-0.39, 0.29) is 17.0 Å². The number of β-lactam (4-membered cyclic amide) rings is 1. The molecule has 3 saturated heterocycles. The van der Waals surface area contributed by atoms with Gasteiger partial charge in [-0.3, -0.25) is 14.6 Å². The Morgan fingerprint density at radius 2 is 1.91 bits per heavy atom. The molecule has 3 fully saturated rings. The van der Waals surface area contributed by atoms with Crippen LogP contribution in [0.25, 0.3) is 0 Å². The first kappa shape index (κ1) is 23.7. The predicted molar refractivity (Wildman–Crippen MR) is 122 cm³/mol. The first-order chi connectivity index (χ1) is 15.5. The van der Waals surface area contributed by atoms with E-state index in [0.717, 1.165) is 83.1 Å². The fourth-order valence-corrected chi connectivity index (χ4v) is 6.19. The molecular formula is C22H35N4O5S+. The Hall–Kier alpha value is -1.43. The van der Waals surface area contributed by atoms with E-state index in [9.17, 15) is 14.7 Å². The highest BCUT2D eigenvalue weighted by atomic mass is 32.2. The van der Waals surface area contributed by atoms with Gasteiger partial charge in [0.05, 0.1) is 39.5 Å². The Kier molecular flexibility index (Phi) is 7.91. The van der Waals surface area contributed by atoms with Crippen LogP contribution in [0.1, 0.15) is 12.8 Å². The van der Waals surface area contributed by atoms with Gasteiger partial charge in [-0.05, 0) is 31.0 Å². The third-order valence-electron chi connectivity index (χ3n) is 6.93. The highest BCUT2D eigenvalue weighted by Gasteiger charge is 2.51. The van der Waals surface area contributed by atoms with E-state index >= 15 is 0 Å². The molecule has 0 aliphatic carbocycles. The minimum absolute atomic E-state index is 0.0933. The predicted octanol–water partition coefficient (Wildman–Crippen LogP) is 0.0831. The third-order valence-corrected chi connectivity index (χ3v) is 8.26. The Labute approximate surface area is 193 Å². The number of nitrogens with two attached hydrogens (primary N) is 1. The Morgan fingerprint density at radius 3 is 2.62 bits per heavy atom. The number of carbonyl (C=O) groups excluding carboxylic acids is 1. The fraction of sp³-hybridized carbons (Fsp3) is 0.727. The second kappa shape index (κ2) is 10.7. The molecule has 0 saturated carbocycles. The van der Waals surface area contributed by atoms with Crippen molar-refractivity contribution in [3.63, 3.8) is 0 Å². The molecule has 0 unspecified atom stereocenters. The molecule has 1 amide bonds. The zero-order chi connectivity index (χ0) is 22.6. The Morgan fingerprint density at radius 1 is 1.19 bits per heavy atom. The summed E-state index contributed by atoms with van der Waals surface area (Å²) in [5.41, 5.74) is 6.62. The number of nitrogens with zero attached hydrogens (tertiary/aromatic N) is 3. The van der Waals surface area contributed by atoms with Crippen LogP contribution < -0.4 is 5.73 Å². The highest BCUT2D eigenvalue weighted by Crippen LogP contribution is 2.39. The zero-order valence-corrected chi connectivity index (χ0v) is 19.4. The van der Waals surface area contributed by atoms with Crippen LogP contribution in [0.2, 0.25) is 0 Å². The van der Waals surface area contributed by atoms with E-state index < -0.39 is 12.0 Å². The van der Waals surface area contributed by atoms with Gasteiger partial charge in [0, 0.05) is 18.8 Å².